The first kappa shape index (κ1) is 28.8. The number of benzene rings is 1. The van der Waals surface area contributed by atoms with Crippen LogP contribution in [-0.2, 0) is 14.2 Å². The Labute approximate surface area is 201 Å². The van der Waals surface area contributed by atoms with Gasteiger partial charge in [-0.3, -0.25) is 0 Å². The molecule has 1 atom stereocenters. The van der Waals surface area contributed by atoms with Gasteiger partial charge in [0.2, 0.25) is 0 Å². The van der Waals surface area contributed by atoms with Gasteiger partial charge < -0.3 is 28.9 Å². The van der Waals surface area contributed by atoms with Gasteiger partial charge in [0.1, 0.15) is 12.4 Å². The van der Waals surface area contributed by atoms with Crippen LogP contribution >= 0.6 is 31.9 Å². The van der Waals surface area contributed by atoms with Crippen LogP contribution in [0.3, 0.4) is 0 Å². The van der Waals surface area contributed by atoms with Gasteiger partial charge in [0.15, 0.2) is 0 Å². The number of hydrogen-bond acceptors (Lipinski definition) is 8. The molecule has 0 aliphatic heterocycles. The number of thiophene rings is 1. The third-order valence-electron chi connectivity index (χ3n) is 3.93. The average Bonchev–Trinajstić information content (AvgIpc) is 3.33. The summed E-state index contributed by atoms with van der Waals surface area (Å²) in [6.07, 6.45) is 1.92. The zero-order chi connectivity index (χ0) is 23.6. The molecule has 0 saturated heterocycles. The molecular weight excluding hydrogens is 467 g/mol. The second kappa shape index (κ2) is 18.2. The maximum atomic E-state index is 9.35. The van der Waals surface area contributed by atoms with E-state index >= 15 is 0 Å². The highest BCUT2D eigenvalue weighted by molar-refractivity contribution is 8.16. The van der Waals surface area contributed by atoms with Crippen molar-refractivity contribution < 1.29 is 28.9 Å². The summed E-state index contributed by atoms with van der Waals surface area (Å²) in [5.41, 5.74) is 1.14. The molecule has 2 N–H and O–H groups in total. The molecule has 0 aliphatic rings. The van der Waals surface area contributed by atoms with Crippen LogP contribution in [0.4, 0.5) is 0 Å². The monoisotopic (exact) mass is 500 g/mol. The topological polar surface area (TPSA) is 77.4 Å². The second-order valence-corrected chi connectivity index (χ2v) is 9.39. The van der Waals surface area contributed by atoms with Crippen molar-refractivity contribution in [2.45, 2.75) is 6.92 Å². The van der Waals surface area contributed by atoms with Gasteiger partial charge in [-0.2, -0.15) is 0 Å². The Morgan fingerprint density at radius 2 is 1.62 bits per heavy atom. The first-order chi connectivity index (χ1) is 15.7. The molecule has 1 heterocycles. The van der Waals surface area contributed by atoms with E-state index in [2.05, 4.69) is 30.8 Å². The minimum Gasteiger partial charge on any atom is -0.491 e. The fourth-order valence-electron chi connectivity index (χ4n) is 2.37. The van der Waals surface area contributed by atoms with Crippen molar-refractivity contribution in [1.29, 1.82) is 0 Å². The SMILES string of the molecule is C=C(S/C(=C\C)PO)c1ccc(-c2ccc(OCCOCCOCCOC)cc2)s1.CO. The summed E-state index contributed by atoms with van der Waals surface area (Å²) in [5, 5.41) is 7.00. The lowest BCUT2D eigenvalue weighted by atomic mass is 10.2. The molecule has 1 aromatic heterocycles. The molecule has 9 heteroatoms. The van der Waals surface area contributed by atoms with Crippen molar-refractivity contribution >= 4 is 36.8 Å². The fourth-order valence-corrected chi connectivity index (χ4v) is 4.73. The van der Waals surface area contributed by atoms with Gasteiger partial charge in [-0.05, 0) is 48.9 Å². The summed E-state index contributed by atoms with van der Waals surface area (Å²) in [7, 11) is 2.45. The minimum absolute atomic E-state index is 0.202. The highest BCUT2D eigenvalue weighted by Gasteiger charge is 2.08. The lowest BCUT2D eigenvalue weighted by Gasteiger charge is -2.08. The van der Waals surface area contributed by atoms with Crippen molar-refractivity contribution in [2.75, 3.05) is 53.9 Å². The second-order valence-electron chi connectivity index (χ2n) is 6.04. The zero-order valence-corrected chi connectivity index (χ0v) is 21.5. The van der Waals surface area contributed by atoms with E-state index in [1.165, 1.54) is 16.6 Å². The molecule has 1 aromatic carbocycles. The molecular formula is C23H33O6PS2. The third-order valence-corrected chi connectivity index (χ3v) is 7.26. The van der Waals surface area contributed by atoms with E-state index < -0.39 is 0 Å². The third kappa shape index (κ3) is 11.1. The first-order valence-electron chi connectivity index (χ1n) is 10.0. The van der Waals surface area contributed by atoms with Gasteiger partial charge in [-0.15, -0.1) is 11.3 Å². The van der Waals surface area contributed by atoms with Gasteiger partial charge in [0.25, 0.3) is 0 Å². The average molecular weight is 501 g/mol. The first-order valence-corrected chi connectivity index (χ1v) is 12.6. The maximum Gasteiger partial charge on any atom is 0.119 e. The summed E-state index contributed by atoms with van der Waals surface area (Å²) >= 11 is 3.21. The zero-order valence-electron chi connectivity index (χ0n) is 18.8. The van der Waals surface area contributed by atoms with E-state index in [1.807, 2.05) is 25.1 Å². The molecule has 0 fully saturated rings. The Morgan fingerprint density at radius 1 is 1.00 bits per heavy atom. The van der Waals surface area contributed by atoms with E-state index in [9.17, 15) is 4.89 Å². The van der Waals surface area contributed by atoms with E-state index in [4.69, 9.17) is 24.1 Å². The summed E-state index contributed by atoms with van der Waals surface area (Å²) in [6.45, 7) is 9.36. The van der Waals surface area contributed by atoms with E-state index in [0.717, 1.165) is 32.9 Å². The number of aliphatic hydroxyl groups is 1. The molecule has 0 saturated carbocycles. The van der Waals surface area contributed by atoms with Crippen LogP contribution in [-0.4, -0.2) is 63.9 Å². The van der Waals surface area contributed by atoms with Gasteiger partial charge in [0.05, 0.1) is 33.0 Å². The van der Waals surface area contributed by atoms with Crippen LogP contribution in [0.2, 0.25) is 0 Å². The van der Waals surface area contributed by atoms with Crippen molar-refractivity contribution in [1.82, 2.24) is 0 Å². The normalized spacial score (nSPS) is 11.5. The van der Waals surface area contributed by atoms with Crippen molar-refractivity contribution in [3.63, 3.8) is 0 Å². The summed E-state index contributed by atoms with van der Waals surface area (Å²) in [6, 6.07) is 12.2. The standard InChI is InChI=1S/C22H29O5PS2.CH4O/c1-4-22(28-23)29-17(2)20-9-10-21(30-20)18-5-7-19(8-6-18)27-16-15-26-14-13-25-12-11-24-3;1-2/h4-10,23,28H,2,11-16H2,1,3H3;2H,1H3/b22-4-;. The number of hydrogen-bond donors (Lipinski definition) is 2. The molecule has 0 amide bonds. The molecule has 0 spiro atoms. The molecule has 2 aromatic rings. The summed E-state index contributed by atoms with van der Waals surface area (Å²) < 4.78 is 22.4. The Hall–Kier alpha value is -1.22. The largest absolute Gasteiger partial charge is 0.491 e. The lowest BCUT2D eigenvalue weighted by molar-refractivity contribution is 0.0180. The summed E-state index contributed by atoms with van der Waals surface area (Å²) in [5.74, 6) is 0.817. The van der Waals surface area contributed by atoms with Crippen LogP contribution < -0.4 is 4.74 Å². The molecule has 6 nitrogen and oxygen atoms in total. The Bertz CT molecular complexity index is 792. The number of thioether (sulfide) groups is 1. The van der Waals surface area contributed by atoms with E-state index in [-0.39, 0.29) is 8.81 Å². The molecule has 0 aliphatic carbocycles. The van der Waals surface area contributed by atoms with Gasteiger partial charge in [-0.25, -0.2) is 0 Å². The van der Waals surface area contributed by atoms with Gasteiger partial charge in [-0.1, -0.05) is 24.4 Å². The fraction of sp³-hybridized carbons (Fsp3) is 0.391. The van der Waals surface area contributed by atoms with Crippen molar-refractivity contribution in [3.8, 4) is 16.2 Å². The van der Waals surface area contributed by atoms with Crippen LogP contribution in [0.5, 0.6) is 5.75 Å². The number of aliphatic hydroxyl groups excluding tert-OH is 1. The van der Waals surface area contributed by atoms with E-state index in [1.54, 1.807) is 18.4 Å². The maximum absolute atomic E-state index is 9.35. The number of methoxy groups -OCH3 is 1. The predicted octanol–water partition coefficient (Wildman–Crippen LogP) is 5.23. The Morgan fingerprint density at radius 3 is 2.22 bits per heavy atom. The number of allylic oxidation sites excluding steroid dienone is 1. The number of ether oxygens (including phenoxy) is 4. The molecule has 1 unspecified atom stereocenters. The highest BCUT2D eigenvalue weighted by atomic mass is 32.2. The van der Waals surface area contributed by atoms with Crippen LogP contribution in [0.1, 0.15) is 11.8 Å². The summed E-state index contributed by atoms with van der Waals surface area (Å²) in [4.78, 5) is 12.6. The number of rotatable bonds is 15. The van der Waals surface area contributed by atoms with Crippen LogP contribution in [0.15, 0.2) is 53.7 Å². The molecule has 2 rings (SSSR count). The van der Waals surface area contributed by atoms with Crippen molar-refractivity contribution in [3.05, 3.63) is 58.6 Å². The molecule has 0 bridgehead atoms. The van der Waals surface area contributed by atoms with Gasteiger partial charge in [0, 0.05) is 42.3 Å². The van der Waals surface area contributed by atoms with E-state index in [0.29, 0.717) is 39.6 Å². The highest BCUT2D eigenvalue weighted by Crippen LogP contribution is 2.43. The smallest absolute Gasteiger partial charge is 0.119 e. The molecule has 0 radical (unpaired) electrons. The Balaban J connectivity index is 0.00000249. The minimum atomic E-state index is -0.202. The molecule has 178 valence electrons. The van der Waals surface area contributed by atoms with Crippen molar-refractivity contribution in [2.24, 2.45) is 0 Å². The predicted molar refractivity (Wildman–Crippen MR) is 138 cm³/mol. The van der Waals surface area contributed by atoms with Crippen LogP contribution in [0.25, 0.3) is 15.3 Å². The Kier molecular flexibility index (Phi) is 16.4. The molecule has 32 heavy (non-hydrogen) atoms. The van der Waals surface area contributed by atoms with Crippen LogP contribution in [0, 0.1) is 0 Å². The quantitative estimate of drug-likeness (QED) is 0.256. The van der Waals surface area contributed by atoms with Gasteiger partial charge >= 0.3 is 0 Å². The lowest BCUT2D eigenvalue weighted by Crippen LogP contribution is -2.12.